The zero-order valence-corrected chi connectivity index (χ0v) is 8.04. The summed E-state index contributed by atoms with van der Waals surface area (Å²) in [5.41, 5.74) is 5.37. The molecule has 0 heterocycles. The van der Waals surface area contributed by atoms with Crippen molar-refractivity contribution in [3.63, 3.8) is 0 Å². The van der Waals surface area contributed by atoms with Gasteiger partial charge in [-0.25, -0.2) is 0 Å². The van der Waals surface area contributed by atoms with Gasteiger partial charge in [-0.2, -0.15) is 0 Å². The Morgan fingerprint density at radius 1 is 1.57 bits per heavy atom. The number of carbonyl (C=O) groups is 1. The average Bonchev–Trinajstić information content (AvgIpc) is 2.01. The third-order valence-corrected chi connectivity index (χ3v) is 1.97. The molecule has 0 bridgehead atoms. The van der Waals surface area contributed by atoms with E-state index in [2.05, 4.69) is 0 Å². The van der Waals surface area contributed by atoms with Gasteiger partial charge in [-0.05, 0) is 6.92 Å². The predicted octanol–water partition coefficient (Wildman–Crippen LogP) is 2.03. The second-order valence-corrected chi connectivity index (χ2v) is 3.11. The molecular weight excluding hydrogens is 208 g/mol. The monoisotopic (exact) mass is 214 g/mol. The number of benzene rings is 1. The van der Waals surface area contributed by atoms with E-state index in [9.17, 15) is 14.9 Å². The van der Waals surface area contributed by atoms with E-state index in [1.54, 1.807) is 0 Å². The molecule has 0 spiro atoms. The molecule has 14 heavy (non-hydrogen) atoms. The number of carbonyl (C=O) groups excluding carboxylic acids is 1. The van der Waals surface area contributed by atoms with Gasteiger partial charge in [0.15, 0.2) is 5.78 Å². The molecule has 0 amide bonds. The molecule has 0 saturated heterocycles. The zero-order valence-electron chi connectivity index (χ0n) is 7.28. The first kappa shape index (κ1) is 10.5. The van der Waals surface area contributed by atoms with E-state index >= 15 is 0 Å². The minimum atomic E-state index is -0.619. The SMILES string of the molecule is CC(=O)c1c(N)cc([N+](=O)[O-])cc1Cl. The molecule has 1 rings (SSSR count). The van der Waals surface area contributed by atoms with Gasteiger partial charge < -0.3 is 5.73 Å². The minimum absolute atomic E-state index is 0.00389. The van der Waals surface area contributed by atoms with Gasteiger partial charge in [0.1, 0.15) is 0 Å². The van der Waals surface area contributed by atoms with E-state index < -0.39 is 4.92 Å². The topological polar surface area (TPSA) is 86.2 Å². The molecule has 0 atom stereocenters. The highest BCUT2D eigenvalue weighted by molar-refractivity contribution is 6.34. The first-order valence-corrected chi connectivity index (χ1v) is 4.05. The predicted molar refractivity (Wildman–Crippen MR) is 52.5 cm³/mol. The molecule has 0 aliphatic heterocycles. The fourth-order valence-corrected chi connectivity index (χ4v) is 1.44. The third kappa shape index (κ3) is 1.82. The summed E-state index contributed by atoms with van der Waals surface area (Å²) in [6, 6.07) is 2.22. The molecule has 0 unspecified atom stereocenters. The van der Waals surface area contributed by atoms with Crippen LogP contribution in [0.1, 0.15) is 17.3 Å². The lowest BCUT2D eigenvalue weighted by molar-refractivity contribution is -0.384. The van der Waals surface area contributed by atoms with Gasteiger partial charge in [0.2, 0.25) is 0 Å². The highest BCUT2D eigenvalue weighted by Gasteiger charge is 2.16. The molecular formula is C8H7ClN2O3. The maximum atomic E-state index is 11.0. The van der Waals surface area contributed by atoms with Gasteiger partial charge in [0.05, 0.1) is 21.2 Å². The second-order valence-electron chi connectivity index (χ2n) is 2.71. The van der Waals surface area contributed by atoms with Gasteiger partial charge in [-0.3, -0.25) is 14.9 Å². The molecule has 1 aromatic carbocycles. The third-order valence-electron chi connectivity index (χ3n) is 1.67. The van der Waals surface area contributed by atoms with E-state index in [0.29, 0.717) is 0 Å². The minimum Gasteiger partial charge on any atom is -0.398 e. The van der Waals surface area contributed by atoms with Crippen LogP contribution < -0.4 is 5.73 Å². The molecule has 0 radical (unpaired) electrons. The largest absolute Gasteiger partial charge is 0.398 e. The Hall–Kier alpha value is -1.62. The van der Waals surface area contributed by atoms with Crippen LogP contribution in [0.5, 0.6) is 0 Å². The van der Waals surface area contributed by atoms with Gasteiger partial charge in [-0.1, -0.05) is 11.6 Å². The Kier molecular flexibility index (Phi) is 2.71. The average molecular weight is 215 g/mol. The number of nitrogen functional groups attached to an aromatic ring is 1. The number of nitrogens with zero attached hydrogens (tertiary/aromatic N) is 1. The second kappa shape index (κ2) is 3.63. The van der Waals surface area contributed by atoms with E-state index in [0.717, 1.165) is 12.1 Å². The van der Waals surface area contributed by atoms with Crippen LogP contribution in [-0.4, -0.2) is 10.7 Å². The molecule has 2 N–H and O–H groups in total. The molecule has 6 heteroatoms. The maximum Gasteiger partial charge on any atom is 0.273 e. The lowest BCUT2D eigenvalue weighted by Gasteiger charge is -2.03. The summed E-state index contributed by atoms with van der Waals surface area (Å²) in [7, 11) is 0. The van der Waals surface area contributed by atoms with E-state index in [1.807, 2.05) is 0 Å². The fraction of sp³-hybridized carbons (Fsp3) is 0.125. The number of anilines is 1. The Balaban J connectivity index is 3.39. The van der Waals surface area contributed by atoms with Crippen molar-refractivity contribution >= 4 is 28.8 Å². The van der Waals surface area contributed by atoms with Crippen LogP contribution >= 0.6 is 11.6 Å². The van der Waals surface area contributed by atoms with Crippen molar-refractivity contribution in [3.05, 3.63) is 32.8 Å². The van der Waals surface area contributed by atoms with E-state index in [4.69, 9.17) is 17.3 Å². The van der Waals surface area contributed by atoms with Crippen LogP contribution in [0, 0.1) is 10.1 Å². The zero-order chi connectivity index (χ0) is 10.9. The van der Waals surface area contributed by atoms with Crippen molar-refractivity contribution in [3.8, 4) is 0 Å². The number of halogens is 1. The van der Waals surface area contributed by atoms with Crippen molar-refractivity contribution in [1.82, 2.24) is 0 Å². The summed E-state index contributed by atoms with van der Waals surface area (Å²) < 4.78 is 0. The van der Waals surface area contributed by atoms with Crippen molar-refractivity contribution in [2.45, 2.75) is 6.92 Å². The normalized spacial score (nSPS) is 9.86. The summed E-state index contributed by atoms with van der Waals surface area (Å²) in [4.78, 5) is 20.8. The van der Waals surface area contributed by atoms with Gasteiger partial charge >= 0.3 is 0 Å². The lowest BCUT2D eigenvalue weighted by Crippen LogP contribution is -2.02. The highest BCUT2D eigenvalue weighted by atomic mass is 35.5. The Bertz CT molecular complexity index is 394. The Morgan fingerprint density at radius 2 is 2.14 bits per heavy atom. The quantitative estimate of drug-likeness (QED) is 0.353. The van der Waals surface area contributed by atoms with Crippen LogP contribution in [0.15, 0.2) is 12.1 Å². The van der Waals surface area contributed by atoms with Crippen molar-refractivity contribution in [1.29, 1.82) is 0 Å². The van der Waals surface area contributed by atoms with Crippen molar-refractivity contribution in [2.75, 3.05) is 5.73 Å². The van der Waals surface area contributed by atoms with Crippen LogP contribution in [0.4, 0.5) is 11.4 Å². The van der Waals surface area contributed by atoms with E-state index in [-0.39, 0.29) is 27.7 Å². The molecule has 0 aliphatic rings. The molecule has 0 fully saturated rings. The number of Topliss-reactive ketones (excluding diaryl/α,β-unsaturated/α-hetero) is 1. The molecule has 1 aromatic rings. The van der Waals surface area contributed by atoms with Crippen LogP contribution in [0.25, 0.3) is 0 Å². The summed E-state index contributed by atoms with van der Waals surface area (Å²) >= 11 is 5.67. The molecule has 0 aromatic heterocycles. The van der Waals surface area contributed by atoms with Gasteiger partial charge in [0.25, 0.3) is 5.69 Å². The van der Waals surface area contributed by atoms with Crippen LogP contribution in [-0.2, 0) is 0 Å². The van der Waals surface area contributed by atoms with Crippen LogP contribution in [0.3, 0.4) is 0 Å². The molecule has 5 nitrogen and oxygen atoms in total. The van der Waals surface area contributed by atoms with Gasteiger partial charge in [0, 0.05) is 12.1 Å². The highest BCUT2D eigenvalue weighted by Crippen LogP contribution is 2.28. The molecule has 74 valence electrons. The summed E-state index contributed by atoms with van der Waals surface area (Å²) in [6.07, 6.45) is 0. The Labute approximate surface area is 84.6 Å². The molecule has 0 saturated carbocycles. The first-order chi connectivity index (χ1) is 6.43. The van der Waals surface area contributed by atoms with Crippen molar-refractivity contribution < 1.29 is 9.72 Å². The van der Waals surface area contributed by atoms with Gasteiger partial charge in [-0.15, -0.1) is 0 Å². The first-order valence-electron chi connectivity index (χ1n) is 3.68. The number of nitrogens with two attached hydrogens (primary N) is 1. The smallest absolute Gasteiger partial charge is 0.273 e. The number of hydrogen-bond donors (Lipinski definition) is 1. The van der Waals surface area contributed by atoms with E-state index in [1.165, 1.54) is 6.92 Å². The number of nitro benzene ring substituents is 1. The van der Waals surface area contributed by atoms with Crippen LogP contribution in [0.2, 0.25) is 5.02 Å². The number of nitro groups is 1. The number of non-ortho nitro benzene ring substituents is 1. The standard InChI is InChI=1S/C8H7ClN2O3/c1-4(12)8-6(9)2-5(11(13)14)3-7(8)10/h2-3H,10H2,1H3. The number of ketones is 1. The lowest BCUT2D eigenvalue weighted by atomic mass is 10.1. The fourth-order valence-electron chi connectivity index (χ4n) is 1.09. The summed E-state index contributed by atoms with van der Waals surface area (Å²) in [6.45, 7) is 1.30. The van der Waals surface area contributed by atoms with Crippen molar-refractivity contribution in [2.24, 2.45) is 0 Å². The number of rotatable bonds is 2. The number of hydrogen-bond acceptors (Lipinski definition) is 4. The maximum absolute atomic E-state index is 11.0. The Morgan fingerprint density at radius 3 is 2.50 bits per heavy atom. The summed E-state index contributed by atoms with van der Waals surface area (Å²) in [5.74, 6) is -0.317. The summed E-state index contributed by atoms with van der Waals surface area (Å²) in [5, 5.41) is 10.4. The molecule has 0 aliphatic carbocycles.